The minimum Gasteiger partial charge on any atom is -0.508 e. The average molecular weight is 1970 g/mol. The molecule has 24 atom stereocenters. The SMILES string of the molecule is CN[C@H]1C(=O)N[C@@H]2C(=O)N[C@H](C(=O)N[C@@H]3C(=O)N[C@H]4C(=O)N[C@H](C(=O)N[C@H](C(=O)O)c5cc(O)cc(O)c5-c5cc4cc(Cl)c5O[C@H]4O[C@H](CO)[C@H](O)[C@@H](O)[C@H]4O)[C@H](O[C@@H]4O[C@@H](C(=O)O)[C@H](O)[C@@H](O)[C@H]4NC(=O)CCCCCC(C)C)c4cc(Cl)c(c(Cl)c4)Oc4cc3cc(c4O[C@H]3O[C@@H](CO)[C@H](O)[C@@H](O)[C@H]3O)Oc3ccc(cc3Cl)[C@H]2O)c2cc(cc(O)c2Cl)Oc2cc1ccc2O. The second-order valence-electron chi connectivity index (χ2n) is 32.8. The molecule has 0 aliphatic carbocycles. The number of rotatable bonds is 18. The van der Waals surface area contributed by atoms with Crippen molar-refractivity contribution in [1.82, 2.24) is 42.5 Å². The van der Waals surface area contributed by atoms with Gasteiger partial charge in [-0.2, -0.15) is 0 Å². The Morgan fingerprint density at radius 1 is 0.470 bits per heavy atom. The van der Waals surface area contributed by atoms with Gasteiger partial charge >= 0.3 is 11.9 Å². The summed E-state index contributed by atoms with van der Waals surface area (Å²) in [6, 6.07) is -4.52. The number of phenols is 4. The lowest BCUT2D eigenvalue weighted by Crippen LogP contribution is -2.66. The van der Waals surface area contributed by atoms with Crippen LogP contribution in [0.5, 0.6) is 69.0 Å². The van der Waals surface area contributed by atoms with Gasteiger partial charge in [0.1, 0.15) is 150 Å². The molecule has 0 aromatic heterocycles. The van der Waals surface area contributed by atoms with E-state index in [4.69, 9.17) is 101 Å². The average Bonchev–Trinajstić information content (AvgIpc) is 0.748. The number of unbranched alkanes of at least 4 members (excludes halogenated alkanes) is 2. The molecule has 0 saturated carbocycles. The van der Waals surface area contributed by atoms with Crippen LogP contribution >= 0.6 is 58.0 Å². The van der Waals surface area contributed by atoms with Gasteiger partial charge in [0.2, 0.25) is 59.7 Å². The van der Waals surface area contributed by atoms with Crippen molar-refractivity contribution in [2.75, 3.05) is 20.3 Å². The van der Waals surface area contributed by atoms with Crippen molar-refractivity contribution in [3.05, 3.63) is 161 Å². The van der Waals surface area contributed by atoms with Crippen LogP contribution in [0.3, 0.4) is 0 Å². The highest BCUT2D eigenvalue weighted by atomic mass is 35.5. The van der Waals surface area contributed by atoms with Gasteiger partial charge in [0, 0.05) is 40.8 Å². The predicted octanol–water partition coefficient (Wildman–Crippen LogP) is 2.29. The molecular formula is C86H89Cl5N8O35. The van der Waals surface area contributed by atoms with Crippen LogP contribution in [-0.4, -0.2) is 265 Å². The summed E-state index contributed by atoms with van der Waals surface area (Å²) in [6.45, 7) is 1.77. The van der Waals surface area contributed by atoms with E-state index in [1.165, 1.54) is 19.2 Å². The van der Waals surface area contributed by atoms with E-state index in [2.05, 4.69) is 42.5 Å². The summed E-state index contributed by atoms with van der Waals surface area (Å²) < 4.78 is 56.2. The van der Waals surface area contributed by atoms with Crippen LogP contribution in [0.4, 0.5) is 0 Å². The van der Waals surface area contributed by atoms with Crippen molar-refractivity contribution in [3.63, 3.8) is 0 Å². The fraction of sp³-hybridized carbons (Fsp3) is 0.407. The van der Waals surface area contributed by atoms with Crippen LogP contribution in [0.15, 0.2) is 97.1 Å². The van der Waals surface area contributed by atoms with E-state index in [0.29, 0.717) is 25.0 Å². The van der Waals surface area contributed by atoms with Crippen LogP contribution in [0.1, 0.15) is 127 Å². The molecule has 43 nitrogen and oxygen atoms in total. The Morgan fingerprint density at radius 3 is 1.65 bits per heavy atom. The summed E-state index contributed by atoms with van der Waals surface area (Å²) in [4.78, 5) is 139. The topological polar surface area (TPSA) is 677 Å². The highest BCUT2D eigenvalue weighted by Gasteiger charge is 2.54. The molecule has 718 valence electrons. The van der Waals surface area contributed by atoms with Crippen molar-refractivity contribution in [3.8, 4) is 80.1 Å². The van der Waals surface area contributed by atoms with E-state index < -0.39 is 346 Å². The number of likely N-dealkylation sites (N-methyl/N-ethyl adjacent to an activating group) is 1. The zero-order valence-corrected chi connectivity index (χ0v) is 73.7. The predicted molar refractivity (Wildman–Crippen MR) is 459 cm³/mol. The number of fused-ring (bicyclic) bond motifs is 14. The number of carboxylic acids is 2. The lowest BCUT2D eigenvalue weighted by atomic mass is 9.89. The summed E-state index contributed by atoms with van der Waals surface area (Å²) in [5.74, 6) is -23.7. The van der Waals surface area contributed by atoms with Gasteiger partial charge in [-0.3, -0.25) is 33.6 Å². The third-order valence-corrected chi connectivity index (χ3v) is 24.8. The molecule has 17 bridgehead atoms. The van der Waals surface area contributed by atoms with Crippen LogP contribution in [0.25, 0.3) is 11.1 Å². The number of hydrogen-bond donors (Lipinski definition) is 25. The molecule has 0 radical (unpaired) electrons. The molecule has 134 heavy (non-hydrogen) atoms. The standard InChI is InChI=1S/C86H89Cl5N8O35/c1-27(2)7-5-4-6-8-51(106)93-60-65(110)68(113)75(83(124)125)134-84(60)131-71-32-16-40(89)73(41(90)17-32)128-48-20-31-19-47(74(48)133-86-70(115)67(112)64(109)50(26-101)130-86)127-45-12-10-29(14-38(45)87)62(107)59-80(120)96-57(37-23-34(24-44(105)53(37)91)126-46-18-28(9-11-42(46)103)54(92-3)76(116)98-59)79(119)95-56(31)77(117)94-55-30-13-36(72(39(88)15-30)132-85-69(114)66(111)63(108)49(25-100)129-85)52-35(21-33(102)22-43(52)104)58(82(122)123)97-81(121)61(71)99-78(55)118/h9-24,27,49-50,54-71,75,84-86,92,100-105,107-115H,4-8,25-26H2,1-3H3,(H,93,106)(H,94,117)(H,95,119)(H,96,120)(H,97,121)(H,98,116)(H,99,118)(H,122,123)(H,124,125)/t49-,50+,54-,55-,56+,57+,58+,59+,60-,61+,62-,63+,64+,65+,66-,67-,68-,69-,70-,71-,75-,84-,85-,86-/m1/s1. The number of aliphatic hydroxyl groups excluding tert-OH is 11. The number of halogens is 5. The Labute approximate surface area is 782 Å². The highest BCUT2D eigenvalue weighted by Crippen LogP contribution is 2.53. The molecule has 48 heteroatoms. The van der Waals surface area contributed by atoms with Gasteiger partial charge in [-0.05, 0) is 120 Å². The molecule has 9 aliphatic heterocycles. The summed E-state index contributed by atoms with van der Waals surface area (Å²) in [5, 5.41) is 210. The molecule has 25 N–H and O–H groups in total. The van der Waals surface area contributed by atoms with Crippen LogP contribution in [0, 0.1) is 5.92 Å². The molecule has 9 aliphatic rings. The smallest absolute Gasteiger partial charge is 0.335 e. The Bertz CT molecular complexity index is 5720. The third-order valence-electron chi connectivity index (χ3n) is 23.3. The maximum absolute atomic E-state index is 17.1. The lowest BCUT2D eigenvalue weighted by molar-refractivity contribution is -0.278. The number of ether oxygens (including phenoxy) is 9. The van der Waals surface area contributed by atoms with E-state index in [9.17, 15) is 106 Å². The summed E-state index contributed by atoms with van der Waals surface area (Å²) in [5.41, 5.74) is -5.62. The Morgan fingerprint density at radius 2 is 1.04 bits per heavy atom. The molecular weight excluding hydrogens is 1880 g/mol. The maximum Gasteiger partial charge on any atom is 0.335 e. The lowest BCUT2D eigenvalue weighted by Gasteiger charge is -2.43. The molecule has 3 fully saturated rings. The summed E-state index contributed by atoms with van der Waals surface area (Å²) >= 11 is 36.3. The number of nitrogens with one attached hydrogen (secondary N) is 8. The molecule has 0 unspecified atom stereocenters. The van der Waals surface area contributed by atoms with Gasteiger partial charge in [-0.15, -0.1) is 0 Å². The van der Waals surface area contributed by atoms with E-state index in [1.54, 1.807) is 0 Å². The van der Waals surface area contributed by atoms with E-state index in [1.807, 2.05) is 13.8 Å². The molecule has 9 heterocycles. The number of aliphatic carboxylic acids is 2. The van der Waals surface area contributed by atoms with Crippen LogP contribution in [0.2, 0.25) is 25.1 Å². The van der Waals surface area contributed by atoms with Crippen molar-refractivity contribution >= 4 is 111 Å². The molecule has 7 aromatic rings. The minimum absolute atomic E-state index is 0.0419. The second kappa shape index (κ2) is 40.8. The van der Waals surface area contributed by atoms with Crippen molar-refractivity contribution in [2.45, 2.75) is 193 Å². The number of amides is 7. The number of carboxylic acid groups (broad SMARTS) is 2. The molecule has 16 rings (SSSR count). The number of hydrogen-bond acceptors (Lipinski definition) is 34. The highest BCUT2D eigenvalue weighted by molar-refractivity contribution is 6.37. The molecule has 0 spiro atoms. The molecule has 3 saturated heterocycles. The third kappa shape index (κ3) is 20.2. The van der Waals surface area contributed by atoms with Gasteiger partial charge in [-0.25, -0.2) is 9.59 Å². The van der Waals surface area contributed by atoms with E-state index >= 15 is 24.0 Å². The van der Waals surface area contributed by atoms with Crippen molar-refractivity contribution in [1.29, 1.82) is 0 Å². The minimum atomic E-state index is -2.79. The van der Waals surface area contributed by atoms with Gasteiger partial charge < -0.3 is 172 Å². The number of benzene rings is 7. The zero-order valence-electron chi connectivity index (χ0n) is 70.0. The molecule has 7 amide bonds. The van der Waals surface area contributed by atoms with Crippen molar-refractivity contribution < 1.29 is 173 Å². The number of phenolic OH excluding ortho intramolecular Hbond substituents is 4. The first-order chi connectivity index (χ1) is 63.6. The maximum atomic E-state index is 17.1. The monoisotopic (exact) mass is 1970 g/mol. The van der Waals surface area contributed by atoms with Crippen LogP contribution < -0.4 is 66.2 Å². The van der Waals surface area contributed by atoms with Gasteiger partial charge in [-0.1, -0.05) is 103 Å². The number of carbonyl (C=O) groups excluding carboxylic acids is 7. The normalized spacial score (nSPS) is 29.3. The Hall–Kier alpha value is -11.2. The fourth-order valence-corrected chi connectivity index (χ4v) is 17.6. The second-order valence-corrected chi connectivity index (χ2v) is 34.8. The van der Waals surface area contributed by atoms with E-state index in [0.717, 1.165) is 79.2 Å². The Kier molecular flexibility index (Phi) is 30.0. The zero-order chi connectivity index (χ0) is 96.9. The van der Waals surface area contributed by atoms with Gasteiger partial charge in [0.15, 0.2) is 47.2 Å². The van der Waals surface area contributed by atoms with Gasteiger partial charge in [0.25, 0.3) is 0 Å². The van der Waals surface area contributed by atoms with Crippen LogP contribution in [-0.2, 0) is 62.1 Å². The van der Waals surface area contributed by atoms with E-state index in [-0.39, 0.29) is 29.9 Å². The van der Waals surface area contributed by atoms with Crippen molar-refractivity contribution in [2.24, 2.45) is 5.92 Å². The first-order valence-corrected chi connectivity index (χ1v) is 43.2. The molecule has 7 aromatic carbocycles. The summed E-state index contributed by atoms with van der Waals surface area (Å²) in [7, 11) is 1.32. The number of aliphatic hydroxyl groups is 11. The first-order valence-electron chi connectivity index (χ1n) is 41.4. The quantitative estimate of drug-likeness (QED) is 0.0548. The number of aromatic hydroxyl groups is 4. The Balaban J connectivity index is 1.06. The summed E-state index contributed by atoms with van der Waals surface area (Å²) in [6.07, 6.45) is -34.5. The number of carbonyl (C=O) groups is 9. The van der Waals surface area contributed by atoms with Gasteiger partial charge in [0.05, 0.1) is 38.3 Å². The fourth-order valence-electron chi connectivity index (χ4n) is 16.3. The largest absolute Gasteiger partial charge is 0.508 e. The first kappa shape index (κ1) is 98.8.